The van der Waals surface area contributed by atoms with Gasteiger partial charge in [-0.15, -0.1) is 0 Å². The molecule has 38 heavy (non-hydrogen) atoms. The predicted octanol–water partition coefficient (Wildman–Crippen LogP) is 4.18. The van der Waals surface area contributed by atoms with Crippen LogP contribution in [0.4, 0.5) is 5.69 Å². The quantitative estimate of drug-likeness (QED) is 0.464. The number of ether oxygens (including phenoxy) is 2. The van der Waals surface area contributed by atoms with Crippen molar-refractivity contribution >= 4 is 29.3 Å². The number of aryl methyl sites for hydroxylation is 1. The van der Waals surface area contributed by atoms with Gasteiger partial charge in [0, 0.05) is 13.1 Å². The highest BCUT2D eigenvalue weighted by Crippen LogP contribution is 2.69. The highest BCUT2D eigenvalue weighted by Gasteiger charge is 2.79. The summed E-state index contributed by atoms with van der Waals surface area (Å²) >= 11 is 0. The number of amides is 4. The Morgan fingerprint density at radius 2 is 1.03 bits per heavy atom. The van der Waals surface area contributed by atoms with Gasteiger partial charge in [-0.1, -0.05) is 23.8 Å². The van der Waals surface area contributed by atoms with Crippen molar-refractivity contribution in [3.8, 4) is 23.0 Å². The summed E-state index contributed by atoms with van der Waals surface area (Å²) in [6, 6.07) is 21.9. The Morgan fingerprint density at radius 1 is 0.579 bits per heavy atom. The second-order valence-electron chi connectivity index (χ2n) is 10.5. The average Bonchev–Trinajstić information content (AvgIpc) is 3.78. The molecule has 0 spiro atoms. The normalized spacial score (nSPS) is 28.9. The van der Waals surface area contributed by atoms with E-state index in [9.17, 15) is 19.2 Å². The number of hydrogen-bond acceptors (Lipinski definition) is 6. The van der Waals surface area contributed by atoms with Gasteiger partial charge >= 0.3 is 0 Å². The smallest absolute Gasteiger partial charge is 0.238 e. The second-order valence-corrected chi connectivity index (χ2v) is 10.5. The van der Waals surface area contributed by atoms with Crippen LogP contribution >= 0.6 is 0 Å². The monoisotopic (exact) mass is 508 g/mol. The highest BCUT2D eigenvalue weighted by molar-refractivity contribution is 6.25. The number of likely N-dealkylation sites (tertiary alicyclic amines) is 1. The van der Waals surface area contributed by atoms with Crippen molar-refractivity contribution in [3.63, 3.8) is 0 Å². The molecule has 2 aliphatic heterocycles. The molecule has 0 N–H and O–H groups in total. The molecule has 8 nitrogen and oxygen atoms in total. The van der Waals surface area contributed by atoms with E-state index in [2.05, 4.69) is 0 Å². The molecule has 2 saturated carbocycles. The molecule has 4 fully saturated rings. The number of piperidine rings is 2. The zero-order valence-corrected chi connectivity index (χ0v) is 20.7. The highest BCUT2D eigenvalue weighted by atomic mass is 16.5. The summed E-state index contributed by atoms with van der Waals surface area (Å²) in [4.78, 5) is 53.1. The van der Waals surface area contributed by atoms with Crippen molar-refractivity contribution < 1.29 is 28.7 Å². The maximum atomic E-state index is 13.1. The lowest BCUT2D eigenvalue weighted by Gasteiger charge is -2.20. The third kappa shape index (κ3) is 3.36. The van der Waals surface area contributed by atoms with Gasteiger partial charge in [-0.2, -0.15) is 0 Å². The van der Waals surface area contributed by atoms with Crippen LogP contribution in [0.15, 0.2) is 72.8 Å². The number of imide groups is 2. The molecule has 190 valence electrons. The number of anilines is 1. The lowest BCUT2D eigenvalue weighted by atomic mass is 10.1. The van der Waals surface area contributed by atoms with Gasteiger partial charge in [-0.05, 0) is 67.3 Å². The van der Waals surface area contributed by atoms with E-state index in [0.29, 0.717) is 22.9 Å². The predicted molar refractivity (Wildman–Crippen MR) is 135 cm³/mol. The van der Waals surface area contributed by atoms with Gasteiger partial charge in [-0.25, -0.2) is 0 Å². The summed E-state index contributed by atoms with van der Waals surface area (Å²) in [5, 5.41) is 0. The van der Waals surface area contributed by atoms with E-state index in [4.69, 9.17) is 9.47 Å². The van der Waals surface area contributed by atoms with Crippen LogP contribution in [0, 0.1) is 42.4 Å². The zero-order chi connectivity index (χ0) is 26.3. The molecule has 2 aliphatic carbocycles. The van der Waals surface area contributed by atoms with Crippen molar-refractivity contribution in [2.24, 2.45) is 35.5 Å². The van der Waals surface area contributed by atoms with E-state index >= 15 is 0 Å². The van der Waals surface area contributed by atoms with E-state index in [1.54, 1.807) is 30.3 Å². The topological polar surface area (TPSA) is 93.2 Å². The van der Waals surface area contributed by atoms with E-state index in [-0.39, 0.29) is 47.3 Å². The van der Waals surface area contributed by atoms with Gasteiger partial charge in [0.25, 0.3) is 0 Å². The number of rotatable bonds is 6. The Kier molecular flexibility index (Phi) is 4.79. The molecule has 2 saturated heterocycles. The van der Waals surface area contributed by atoms with Gasteiger partial charge in [0.1, 0.15) is 23.0 Å². The number of carbonyl (C=O) groups is 4. The number of benzene rings is 3. The fourth-order valence-corrected chi connectivity index (χ4v) is 6.26. The molecule has 8 heteroatoms. The van der Waals surface area contributed by atoms with Crippen LogP contribution in [0.3, 0.4) is 0 Å². The van der Waals surface area contributed by atoms with Gasteiger partial charge < -0.3 is 9.47 Å². The molecule has 4 unspecified atom stereocenters. The van der Waals surface area contributed by atoms with E-state index in [0.717, 1.165) is 16.2 Å². The maximum absolute atomic E-state index is 13.1. The van der Waals surface area contributed by atoms with Crippen LogP contribution in [0.2, 0.25) is 0 Å². The van der Waals surface area contributed by atoms with Gasteiger partial charge in [-0.3, -0.25) is 29.0 Å². The summed E-state index contributed by atoms with van der Waals surface area (Å²) in [6.07, 6.45) is 0. The van der Waals surface area contributed by atoms with Gasteiger partial charge in [0.15, 0.2) is 0 Å². The fourth-order valence-electron chi connectivity index (χ4n) is 6.26. The zero-order valence-electron chi connectivity index (χ0n) is 20.7. The first-order valence-electron chi connectivity index (χ1n) is 12.7. The summed E-state index contributed by atoms with van der Waals surface area (Å²) in [6.45, 7) is 2.02. The van der Waals surface area contributed by atoms with Crippen LogP contribution in [-0.2, 0) is 19.2 Å². The largest absolute Gasteiger partial charge is 0.457 e. The number of fused-ring (bicyclic) bond motifs is 2. The summed E-state index contributed by atoms with van der Waals surface area (Å²) < 4.78 is 11.9. The Balaban J connectivity index is 1.01. The Bertz CT molecular complexity index is 1470. The standard InChI is InChI=1S/C30H24N2O6/c1-15-6-10-17(11-7-15)37-19-4-3-5-20(14-19)38-18-12-8-16(9-13-18)32-29(35)25-22(26(25)30(32)36)21-23-24(21)28(34)31(2)27(23)33/h3-14,21-26H,1-2H3. The lowest BCUT2D eigenvalue weighted by molar-refractivity contribution is -0.141. The van der Waals surface area contributed by atoms with Gasteiger partial charge in [0.2, 0.25) is 23.6 Å². The fraction of sp³-hybridized carbons (Fsp3) is 0.267. The summed E-state index contributed by atoms with van der Waals surface area (Å²) in [5.41, 5.74) is 1.64. The first kappa shape index (κ1) is 22.7. The molecule has 3 aromatic carbocycles. The summed E-state index contributed by atoms with van der Waals surface area (Å²) in [5.74, 6) is -0.305. The molecule has 2 heterocycles. The minimum atomic E-state index is -0.434. The number of hydrogen-bond donors (Lipinski definition) is 0. The van der Waals surface area contributed by atoms with E-state index in [1.807, 2.05) is 49.4 Å². The van der Waals surface area contributed by atoms with Crippen LogP contribution in [0.1, 0.15) is 5.56 Å². The van der Waals surface area contributed by atoms with E-state index < -0.39 is 11.8 Å². The van der Waals surface area contributed by atoms with Crippen molar-refractivity contribution in [1.82, 2.24) is 4.90 Å². The third-order valence-electron chi connectivity index (χ3n) is 8.23. The lowest BCUT2D eigenvalue weighted by Crippen LogP contribution is -2.36. The van der Waals surface area contributed by atoms with Crippen LogP contribution in [0.5, 0.6) is 23.0 Å². The summed E-state index contributed by atoms with van der Waals surface area (Å²) in [7, 11) is 1.49. The first-order chi connectivity index (χ1) is 18.3. The molecule has 4 amide bonds. The molecule has 0 aromatic heterocycles. The molecule has 0 radical (unpaired) electrons. The third-order valence-corrected chi connectivity index (χ3v) is 8.23. The molecule has 3 aromatic rings. The van der Waals surface area contributed by atoms with Gasteiger partial charge in [0.05, 0.1) is 29.4 Å². The molecular weight excluding hydrogens is 484 g/mol. The molecule has 7 rings (SSSR count). The maximum Gasteiger partial charge on any atom is 0.238 e. The van der Waals surface area contributed by atoms with Crippen molar-refractivity contribution in [2.75, 3.05) is 11.9 Å². The molecule has 0 bridgehead atoms. The van der Waals surface area contributed by atoms with Crippen molar-refractivity contribution in [3.05, 3.63) is 78.4 Å². The molecule has 4 aliphatic rings. The van der Waals surface area contributed by atoms with Crippen molar-refractivity contribution in [1.29, 1.82) is 0 Å². The minimum absolute atomic E-state index is 0.169. The number of nitrogens with zero attached hydrogens (tertiary/aromatic N) is 2. The Labute approximate surface area is 218 Å². The van der Waals surface area contributed by atoms with E-state index in [1.165, 1.54) is 11.9 Å². The SMILES string of the molecule is Cc1ccc(Oc2cccc(Oc3ccc(N4C(=O)C5C(C4=O)C5C4C5C(=O)N(C)C(=O)C54)cc3)c2)cc1. The first-order valence-corrected chi connectivity index (χ1v) is 12.7. The van der Waals surface area contributed by atoms with Crippen molar-refractivity contribution in [2.45, 2.75) is 6.92 Å². The minimum Gasteiger partial charge on any atom is -0.457 e. The van der Waals surface area contributed by atoms with Crippen LogP contribution in [0.25, 0.3) is 0 Å². The second kappa shape index (κ2) is 8.02. The Morgan fingerprint density at radius 3 is 1.53 bits per heavy atom. The Hall–Kier alpha value is -4.46. The number of carbonyl (C=O) groups excluding carboxylic acids is 4. The molecule has 4 atom stereocenters. The average molecular weight is 509 g/mol. The van der Waals surface area contributed by atoms with Crippen LogP contribution < -0.4 is 14.4 Å². The molecular formula is C30H24N2O6. The van der Waals surface area contributed by atoms with Crippen LogP contribution in [-0.4, -0.2) is 35.6 Å².